The molecule has 26 heteroatoms. The molecule has 3 aliphatic rings. The molecule has 7 rings (SSSR count). The van der Waals surface area contributed by atoms with Gasteiger partial charge in [0, 0.05) is 71.1 Å². The van der Waals surface area contributed by atoms with E-state index >= 15 is 0 Å². The minimum absolute atomic E-state index is 0.0224. The van der Waals surface area contributed by atoms with E-state index in [1.54, 1.807) is 17.2 Å². The summed E-state index contributed by atoms with van der Waals surface area (Å²) >= 11 is 1.04. The minimum Gasteiger partial charge on any atom is -0.479 e. The molecule has 1 aromatic carbocycles. The number of carbonyl (C=O) groups excluding carboxylic acids is 3. The van der Waals surface area contributed by atoms with Crippen LogP contribution in [-0.2, 0) is 27.1 Å². The summed E-state index contributed by atoms with van der Waals surface area (Å²) in [6.45, 7) is 0.591. The third kappa shape index (κ3) is 9.54. The van der Waals surface area contributed by atoms with Crippen LogP contribution in [0.5, 0.6) is 11.8 Å². The Kier molecular flexibility index (Phi) is 13.3. The number of nitrogens with one attached hydrogen (secondary N) is 1. The van der Waals surface area contributed by atoms with Gasteiger partial charge in [0.1, 0.15) is 42.8 Å². The third-order valence-electron chi connectivity index (χ3n) is 11.5. The Balaban J connectivity index is 0.905. The zero-order valence-corrected chi connectivity index (χ0v) is 35.5. The number of ether oxygens (including phenoxy) is 4. The summed E-state index contributed by atoms with van der Waals surface area (Å²) in [6.07, 6.45) is -11.8. The fraction of sp³-hybridized carbons (Fsp3) is 0.526. The maximum absolute atomic E-state index is 14.1. The van der Waals surface area contributed by atoms with Crippen molar-refractivity contribution in [2.75, 3.05) is 64.6 Å². The molecule has 4 amide bonds. The molecule has 5 N–H and O–H groups in total. The monoisotopic (exact) mass is 922 g/mol. The van der Waals surface area contributed by atoms with Crippen LogP contribution >= 0.6 is 11.5 Å². The molecule has 3 aromatic heterocycles. The molecule has 0 radical (unpaired) electrons. The van der Waals surface area contributed by atoms with Crippen LogP contribution in [0, 0.1) is 11.8 Å². The number of hydrogen-bond acceptors (Lipinski definition) is 17. The number of aliphatic carboxylic acids is 1. The van der Waals surface area contributed by atoms with Crippen LogP contribution in [0.2, 0.25) is 0 Å². The van der Waals surface area contributed by atoms with E-state index in [1.165, 1.54) is 37.0 Å². The first kappa shape index (κ1) is 45.9. The first-order chi connectivity index (χ1) is 30.3. The highest BCUT2D eigenvalue weighted by atomic mass is 32.1. The number of urea groups is 1. The van der Waals surface area contributed by atoms with Crippen molar-refractivity contribution in [1.82, 2.24) is 38.6 Å². The minimum atomic E-state index is -5.04. The number of methoxy groups -OCH3 is 1. The molecule has 1 saturated carbocycles. The highest BCUT2D eigenvalue weighted by Gasteiger charge is 2.49. The lowest BCUT2D eigenvalue weighted by atomic mass is 9.99. The Morgan fingerprint density at radius 2 is 1.69 bits per heavy atom. The number of likely N-dealkylation sites (N-methyl/N-ethyl adjacent to an activating group) is 2. The number of hydrogen-bond donors (Lipinski definition) is 5. The second-order valence-corrected chi connectivity index (χ2v) is 16.4. The van der Waals surface area contributed by atoms with Crippen molar-refractivity contribution in [1.29, 1.82) is 0 Å². The van der Waals surface area contributed by atoms with Gasteiger partial charge in [-0.2, -0.15) is 18.2 Å². The first-order valence-corrected chi connectivity index (χ1v) is 20.5. The second kappa shape index (κ2) is 18.6. The van der Waals surface area contributed by atoms with Gasteiger partial charge in [-0.15, -0.1) is 4.37 Å². The Morgan fingerprint density at radius 3 is 2.34 bits per heavy atom. The molecule has 0 spiro atoms. The van der Waals surface area contributed by atoms with Crippen molar-refractivity contribution in [3.8, 4) is 11.8 Å². The van der Waals surface area contributed by atoms with Gasteiger partial charge >= 0.3 is 36.3 Å². The molecule has 5 heterocycles. The molecule has 1 aliphatic carbocycles. The lowest BCUT2D eigenvalue weighted by Gasteiger charge is -2.38. The molecular weight excluding hydrogens is 878 g/mol. The Morgan fingerprint density at radius 1 is 0.984 bits per heavy atom. The number of benzene rings is 1. The second-order valence-electron chi connectivity index (χ2n) is 15.7. The van der Waals surface area contributed by atoms with Gasteiger partial charge in [-0.05, 0) is 48.4 Å². The molecular formula is C38H45F3N10O12S. The predicted octanol–water partition coefficient (Wildman–Crippen LogP) is 2.13. The topological polar surface area (TPSA) is 268 Å². The molecule has 1 unspecified atom stereocenters. The fourth-order valence-corrected chi connectivity index (χ4v) is 8.53. The summed E-state index contributed by atoms with van der Waals surface area (Å²) < 4.78 is 67.9. The van der Waals surface area contributed by atoms with E-state index in [0.29, 0.717) is 41.1 Å². The van der Waals surface area contributed by atoms with E-state index in [2.05, 4.69) is 29.5 Å². The Hall–Kier alpha value is -6.09. The number of alkyl halides is 3. The molecule has 2 aliphatic heterocycles. The van der Waals surface area contributed by atoms with E-state index in [1.807, 2.05) is 7.05 Å². The Bertz CT molecular complexity index is 2360. The molecule has 3 fully saturated rings. The lowest BCUT2D eigenvalue weighted by molar-refractivity contribution is -0.271. The number of aliphatic hydroxyl groups excluding tert-OH is 3. The van der Waals surface area contributed by atoms with Crippen molar-refractivity contribution in [2.24, 2.45) is 11.8 Å². The molecule has 346 valence electrons. The van der Waals surface area contributed by atoms with E-state index in [9.17, 15) is 52.8 Å². The Labute approximate surface area is 365 Å². The summed E-state index contributed by atoms with van der Waals surface area (Å²) in [7, 11) is 6.30. The average molecular weight is 923 g/mol. The zero-order valence-electron chi connectivity index (χ0n) is 34.7. The van der Waals surface area contributed by atoms with Crippen molar-refractivity contribution >= 4 is 57.6 Å². The van der Waals surface area contributed by atoms with Crippen LogP contribution in [0.3, 0.4) is 0 Å². The highest BCUT2D eigenvalue weighted by Crippen LogP contribution is 2.42. The number of nitrogens with zero attached hydrogens (tertiary/aromatic N) is 9. The van der Waals surface area contributed by atoms with Crippen molar-refractivity contribution in [2.45, 2.75) is 62.4 Å². The van der Waals surface area contributed by atoms with Gasteiger partial charge in [0.25, 0.3) is 0 Å². The summed E-state index contributed by atoms with van der Waals surface area (Å²) in [4.78, 5) is 70.2. The van der Waals surface area contributed by atoms with E-state index in [0.717, 1.165) is 41.4 Å². The van der Waals surface area contributed by atoms with Gasteiger partial charge in [0.2, 0.25) is 11.4 Å². The number of aromatic nitrogens is 5. The fourth-order valence-electron chi connectivity index (χ4n) is 8.00. The van der Waals surface area contributed by atoms with Crippen LogP contribution in [0.15, 0.2) is 36.8 Å². The number of halogens is 3. The molecule has 64 heavy (non-hydrogen) atoms. The maximum atomic E-state index is 14.1. The lowest BCUT2D eigenvalue weighted by Crippen LogP contribution is -2.61. The molecule has 8 atom stereocenters. The van der Waals surface area contributed by atoms with Crippen molar-refractivity contribution in [3.05, 3.63) is 47.9 Å². The first-order valence-electron chi connectivity index (χ1n) is 19.8. The molecule has 0 bridgehead atoms. The van der Waals surface area contributed by atoms with Crippen molar-refractivity contribution < 1.29 is 71.7 Å². The SMILES string of the molecule is COc1nsc(NC(=O)N2C[C@H]3CC(N(C)c4ncnc5c4ccn5C(=O)N(C)CCN(C)C(=O)OCc4ccc(O[C@@H]5O[C@H](C(=O)O)[C@@H](O)[C@H](O)[C@H]5O)c(C(F)(F)F)c4)C[C@H]3C2)n1. The summed E-state index contributed by atoms with van der Waals surface area (Å²) in [5.74, 6) is -1.43. The molecule has 2 saturated heterocycles. The van der Waals surface area contributed by atoms with Crippen LogP contribution in [0.1, 0.15) is 24.0 Å². The van der Waals surface area contributed by atoms with Gasteiger partial charge < -0.3 is 59.0 Å². The molecule has 22 nitrogen and oxygen atoms in total. The maximum Gasteiger partial charge on any atom is 0.419 e. The van der Waals surface area contributed by atoms with Gasteiger partial charge in [-0.3, -0.25) is 9.88 Å². The number of amides is 4. The number of rotatable bonds is 12. The van der Waals surface area contributed by atoms with Crippen LogP contribution in [0.4, 0.5) is 38.5 Å². The largest absolute Gasteiger partial charge is 0.479 e. The third-order valence-corrected chi connectivity index (χ3v) is 12.2. The van der Waals surface area contributed by atoms with Crippen LogP contribution in [0.25, 0.3) is 11.0 Å². The van der Waals surface area contributed by atoms with E-state index in [-0.39, 0.29) is 48.6 Å². The van der Waals surface area contributed by atoms with Gasteiger partial charge in [0.05, 0.1) is 18.1 Å². The number of fused-ring (bicyclic) bond motifs is 2. The predicted molar refractivity (Wildman–Crippen MR) is 216 cm³/mol. The number of anilines is 2. The number of likely N-dealkylation sites (tertiary alicyclic amines) is 1. The number of carboxylic acids is 1. The average Bonchev–Trinajstić information content (AvgIpc) is 4.08. The number of aliphatic hydroxyl groups is 3. The van der Waals surface area contributed by atoms with Gasteiger partial charge in [-0.1, -0.05) is 6.07 Å². The number of carboxylic acid groups (broad SMARTS) is 1. The molecule has 4 aromatic rings. The van der Waals surface area contributed by atoms with Crippen LogP contribution in [-0.4, -0.2) is 174 Å². The number of carbonyl (C=O) groups is 4. The van der Waals surface area contributed by atoms with Crippen molar-refractivity contribution in [3.63, 3.8) is 0 Å². The summed E-state index contributed by atoms with van der Waals surface area (Å²) in [6, 6.07) is 3.97. The summed E-state index contributed by atoms with van der Waals surface area (Å²) in [5, 5.41) is 43.1. The zero-order chi connectivity index (χ0) is 46.2. The smallest absolute Gasteiger partial charge is 0.419 e. The van der Waals surface area contributed by atoms with Crippen LogP contribution < -0.4 is 19.7 Å². The summed E-state index contributed by atoms with van der Waals surface area (Å²) in [5.41, 5.74) is -1.13. The van der Waals surface area contributed by atoms with E-state index in [4.69, 9.17) is 18.9 Å². The normalized spacial score (nSPS) is 24.2. The van der Waals surface area contributed by atoms with Gasteiger partial charge in [0.15, 0.2) is 11.8 Å². The quantitative estimate of drug-likeness (QED) is 0.136. The van der Waals surface area contributed by atoms with Gasteiger partial charge in [-0.25, -0.2) is 29.1 Å². The van der Waals surface area contributed by atoms with E-state index < -0.39 is 72.9 Å². The highest BCUT2D eigenvalue weighted by molar-refractivity contribution is 7.10. The standard InChI is InChI=1S/C38H45F3N10O12S/c1-47(9-10-48(2)37(59)61-16-18-5-6-24(23(11-18)38(39,40)41)62-32-27(54)25(52)26(53)28(63-32)31(55)56)36(58)51-8-7-22-29(42-17-43-30(22)51)49(3)21-12-19-14-50(15-20(19)13-21)35(57)45-34-44-33(60-4)46-64-34/h5-8,11,17,19-21,25-28,32,52-54H,9-10,12-16H2,1-4H3,(H,55,56)(H,44,45,46,57)/t19-,20+,21?,25-,26-,27+,28-,32+/m0/s1.